The Kier molecular flexibility index (Phi) is 7.15. The third-order valence-corrected chi connectivity index (χ3v) is 3.40. The summed E-state index contributed by atoms with van der Waals surface area (Å²) in [6, 6.07) is 15.7. The van der Waals surface area contributed by atoms with Gasteiger partial charge >= 0.3 is 0 Å². The number of hydrazone groups is 1. The Hall–Kier alpha value is -2.49. The Morgan fingerprint density at radius 2 is 1.83 bits per heavy atom. The minimum Gasteiger partial charge on any atom is -0.490 e. The quantitative estimate of drug-likeness (QED) is 0.523. The minimum absolute atomic E-state index is 0.601. The molecule has 0 aliphatic heterocycles. The molecule has 0 amide bonds. The molecule has 0 aliphatic rings. The van der Waals surface area contributed by atoms with E-state index in [1.807, 2.05) is 55.5 Å². The van der Waals surface area contributed by atoms with E-state index in [0.717, 1.165) is 29.2 Å². The van der Waals surface area contributed by atoms with Crippen LogP contribution < -0.4 is 14.9 Å². The van der Waals surface area contributed by atoms with E-state index in [2.05, 4.69) is 24.4 Å². The average Bonchev–Trinajstić information content (AvgIpc) is 2.58. The molecule has 4 nitrogen and oxygen atoms in total. The number of ether oxygens (including phenoxy) is 2. The smallest absolute Gasteiger partial charge is 0.161 e. The predicted molar refractivity (Wildman–Crippen MR) is 100 cm³/mol. The Morgan fingerprint density at radius 3 is 2.54 bits per heavy atom. The molecule has 4 heteroatoms. The summed E-state index contributed by atoms with van der Waals surface area (Å²) in [5.74, 6) is 2.16. The number of hydrogen-bond acceptors (Lipinski definition) is 4. The lowest BCUT2D eigenvalue weighted by atomic mass is 10.1. The first-order valence-corrected chi connectivity index (χ1v) is 8.42. The third kappa shape index (κ3) is 5.95. The normalized spacial score (nSPS) is 11.0. The molecule has 0 heterocycles. The highest BCUT2D eigenvalue weighted by atomic mass is 16.5. The number of benzene rings is 2. The Morgan fingerprint density at radius 1 is 1.04 bits per heavy atom. The van der Waals surface area contributed by atoms with E-state index in [1.54, 1.807) is 6.21 Å². The van der Waals surface area contributed by atoms with Crippen LogP contribution in [0, 0.1) is 5.92 Å². The van der Waals surface area contributed by atoms with E-state index in [-0.39, 0.29) is 0 Å². The zero-order valence-corrected chi connectivity index (χ0v) is 14.7. The maximum Gasteiger partial charge on any atom is 0.161 e. The van der Waals surface area contributed by atoms with Gasteiger partial charge in [-0.05, 0) is 55.2 Å². The van der Waals surface area contributed by atoms with E-state index in [9.17, 15) is 0 Å². The molecule has 0 spiro atoms. The standard InChI is InChI=1S/C20H26N2O2/c1-4-23-20-14-17(10-11-19(20)24-13-12-16(2)3)15-21-22-18-8-6-5-7-9-18/h5-11,14-16,22H,4,12-13H2,1-3H3. The number of rotatable bonds is 9. The van der Waals surface area contributed by atoms with Gasteiger partial charge in [-0.1, -0.05) is 32.0 Å². The number of hydrogen-bond donors (Lipinski definition) is 1. The van der Waals surface area contributed by atoms with Gasteiger partial charge in [0.05, 0.1) is 25.1 Å². The fourth-order valence-corrected chi connectivity index (χ4v) is 2.09. The summed E-state index contributed by atoms with van der Waals surface area (Å²) in [4.78, 5) is 0. The van der Waals surface area contributed by atoms with Crippen LogP contribution in [-0.2, 0) is 0 Å². The SMILES string of the molecule is CCOc1cc(C=NNc2ccccc2)ccc1OCCC(C)C. The molecule has 0 unspecified atom stereocenters. The van der Waals surface area contributed by atoms with E-state index in [0.29, 0.717) is 19.1 Å². The lowest BCUT2D eigenvalue weighted by Gasteiger charge is -2.13. The number of para-hydroxylation sites is 1. The maximum atomic E-state index is 5.84. The van der Waals surface area contributed by atoms with Crippen LogP contribution in [0.3, 0.4) is 0 Å². The maximum absolute atomic E-state index is 5.84. The van der Waals surface area contributed by atoms with E-state index < -0.39 is 0 Å². The van der Waals surface area contributed by atoms with E-state index >= 15 is 0 Å². The second-order valence-corrected chi connectivity index (χ2v) is 5.91. The highest BCUT2D eigenvalue weighted by Gasteiger charge is 2.06. The van der Waals surface area contributed by atoms with Crippen molar-refractivity contribution >= 4 is 11.9 Å². The molecule has 1 N–H and O–H groups in total. The van der Waals surface area contributed by atoms with Crippen LogP contribution in [0.15, 0.2) is 53.6 Å². The third-order valence-electron chi connectivity index (χ3n) is 3.40. The van der Waals surface area contributed by atoms with Crippen molar-refractivity contribution in [3.8, 4) is 11.5 Å². The predicted octanol–water partition coefficient (Wildman–Crippen LogP) is 4.96. The fraction of sp³-hybridized carbons (Fsp3) is 0.350. The van der Waals surface area contributed by atoms with Crippen molar-refractivity contribution in [1.29, 1.82) is 0 Å². The molecular formula is C20H26N2O2. The summed E-state index contributed by atoms with van der Waals surface area (Å²) < 4.78 is 11.5. The zero-order valence-electron chi connectivity index (χ0n) is 14.7. The van der Waals surface area contributed by atoms with Gasteiger partial charge in [-0.2, -0.15) is 5.10 Å². The molecule has 2 aromatic carbocycles. The van der Waals surface area contributed by atoms with Crippen molar-refractivity contribution in [1.82, 2.24) is 0 Å². The van der Waals surface area contributed by atoms with E-state index in [1.165, 1.54) is 0 Å². The van der Waals surface area contributed by atoms with Crippen molar-refractivity contribution in [2.45, 2.75) is 27.2 Å². The fourth-order valence-electron chi connectivity index (χ4n) is 2.09. The summed E-state index contributed by atoms with van der Waals surface area (Å²) in [5.41, 5.74) is 4.91. The Balaban J connectivity index is 2.01. The van der Waals surface area contributed by atoms with Crippen molar-refractivity contribution < 1.29 is 9.47 Å². The zero-order chi connectivity index (χ0) is 17.2. The van der Waals surface area contributed by atoms with Gasteiger partial charge in [0, 0.05) is 0 Å². The molecule has 0 aliphatic carbocycles. The van der Waals surface area contributed by atoms with Crippen molar-refractivity contribution in [3.63, 3.8) is 0 Å². The second kappa shape index (κ2) is 9.60. The molecule has 0 radical (unpaired) electrons. The number of nitrogens with one attached hydrogen (secondary N) is 1. The first-order valence-electron chi connectivity index (χ1n) is 8.42. The largest absolute Gasteiger partial charge is 0.490 e. The van der Waals surface area contributed by atoms with Crippen molar-refractivity contribution in [2.24, 2.45) is 11.0 Å². The van der Waals surface area contributed by atoms with Crippen LogP contribution in [0.1, 0.15) is 32.8 Å². The molecule has 0 aromatic heterocycles. The summed E-state index contributed by atoms with van der Waals surface area (Å²) >= 11 is 0. The van der Waals surface area contributed by atoms with Gasteiger partial charge < -0.3 is 9.47 Å². The summed E-state index contributed by atoms with van der Waals surface area (Å²) in [6.45, 7) is 7.64. The molecule has 2 aromatic rings. The van der Waals surface area contributed by atoms with E-state index in [4.69, 9.17) is 9.47 Å². The minimum atomic E-state index is 0.601. The number of nitrogens with zero attached hydrogens (tertiary/aromatic N) is 1. The Labute approximate surface area is 144 Å². The molecular weight excluding hydrogens is 300 g/mol. The first-order chi connectivity index (χ1) is 11.7. The van der Waals surface area contributed by atoms with Crippen LogP contribution in [-0.4, -0.2) is 19.4 Å². The van der Waals surface area contributed by atoms with Crippen LogP contribution >= 0.6 is 0 Å². The van der Waals surface area contributed by atoms with Crippen LogP contribution in [0.5, 0.6) is 11.5 Å². The molecule has 2 rings (SSSR count). The average molecular weight is 326 g/mol. The van der Waals surface area contributed by atoms with Gasteiger partial charge in [-0.25, -0.2) is 0 Å². The second-order valence-electron chi connectivity index (χ2n) is 5.91. The highest BCUT2D eigenvalue weighted by Crippen LogP contribution is 2.28. The van der Waals surface area contributed by atoms with Gasteiger partial charge in [0.1, 0.15) is 0 Å². The molecule has 128 valence electrons. The van der Waals surface area contributed by atoms with Gasteiger partial charge in [0.15, 0.2) is 11.5 Å². The lowest BCUT2D eigenvalue weighted by Crippen LogP contribution is -2.04. The molecule has 0 atom stereocenters. The van der Waals surface area contributed by atoms with Gasteiger partial charge in [0.2, 0.25) is 0 Å². The van der Waals surface area contributed by atoms with Gasteiger partial charge in [-0.3, -0.25) is 5.43 Å². The molecule has 0 bridgehead atoms. The first kappa shape index (κ1) is 17.9. The summed E-state index contributed by atoms with van der Waals surface area (Å²) in [7, 11) is 0. The lowest BCUT2D eigenvalue weighted by molar-refractivity contribution is 0.261. The van der Waals surface area contributed by atoms with Gasteiger partial charge in [-0.15, -0.1) is 0 Å². The molecule has 0 saturated heterocycles. The molecule has 24 heavy (non-hydrogen) atoms. The van der Waals surface area contributed by atoms with Crippen molar-refractivity contribution in [2.75, 3.05) is 18.6 Å². The summed E-state index contributed by atoms with van der Waals surface area (Å²) in [6.07, 6.45) is 2.79. The number of anilines is 1. The topological polar surface area (TPSA) is 42.8 Å². The highest BCUT2D eigenvalue weighted by molar-refractivity contribution is 5.81. The Bertz CT molecular complexity index is 639. The van der Waals surface area contributed by atoms with Crippen molar-refractivity contribution in [3.05, 3.63) is 54.1 Å². The summed E-state index contributed by atoms with van der Waals surface area (Å²) in [5, 5.41) is 4.26. The van der Waals surface area contributed by atoms with Gasteiger partial charge in [0.25, 0.3) is 0 Å². The monoisotopic (exact) mass is 326 g/mol. The van der Waals surface area contributed by atoms with Crippen LogP contribution in [0.4, 0.5) is 5.69 Å². The van der Waals surface area contributed by atoms with Crippen LogP contribution in [0.2, 0.25) is 0 Å². The van der Waals surface area contributed by atoms with Crippen LogP contribution in [0.25, 0.3) is 0 Å². The molecule has 0 saturated carbocycles. The molecule has 0 fully saturated rings.